The summed E-state index contributed by atoms with van der Waals surface area (Å²) in [5, 5.41) is 3.83. The van der Waals surface area contributed by atoms with Gasteiger partial charge in [0.05, 0.1) is 12.4 Å². The van der Waals surface area contributed by atoms with E-state index >= 15 is 0 Å². The number of hydrogen-bond donors (Lipinski definition) is 0. The summed E-state index contributed by atoms with van der Waals surface area (Å²) in [4.78, 5) is 10.8. The molecule has 1 aliphatic rings. The first kappa shape index (κ1) is 16.3. The van der Waals surface area contributed by atoms with E-state index in [0.29, 0.717) is 6.54 Å². The van der Waals surface area contributed by atoms with Crippen LogP contribution in [0.15, 0.2) is 52.5 Å². The van der Waals surface area contributed by atoms with Crippen LogP contribution in [0.4, 0.5) is 0 Å². The van der Waals surface area contributed by atoms with Crippen molar-refractivity contribution in [2.75, 3.05) is 0 Å². The number of aromatic nitrogens is 2. The molecule has 3 aromatic carbocycles. The summed E-state index contributed by atoms with van der Waals surface area (Å²) in [6.07, 6.45) is 1.90. The first-order valence-corrected chi connectivity index (χ1v) is 9.76. The van der Waals surface area contributed by atoms with Gasteiger partial charge in [-0.3, -0.25) is 0 Å². The summed E-state index contributed by atoms with van der Waals surface area (Å²) in [7, 11) is 2.07. The number of fused-ring (bicyclic) bond motifs is 3. The molecule has 0 amide bonds. The SMILES string of the molecule is [C-]#[N+]Cc1cc2c3c([n+](C)cnc3c1)-c1c(c(C)c3ccccc3c1C)S2. The number of nitrogens with zero attached hydrogens (tertiary/aromatic N) is 3. The van der Waals surface area contributed by atoms with Crippen molar-refractivity contribution in [3.05, 3.63) is 70.8 Å². The number of benzene rings is 3. The topological polar surface area (TPSA) is 21.1 Å². The summed E-state index contributed by atoms with van der Waals surface area (Å²) in [6.45, 7) is 12.1. The molecule has 1 aromatic heterocycles. The van der Waals surface area contributed by atoms with Gasteiger partial charge in [0.1, 0.15) is 5.69 Å². The summed E-state index contributed by atoms with van der Waals surface area (Å²) < 4.78 is 2.14. The Labute approximate surface area is 162 Å². The molecule has 4 heteroatoms. The molecule has 0 unspecified atom stereocenters. The second-order valence-electron chi connectivity index (χ2n) is 7.11. The minimum Gasteiger partial charge on any atom is -0.312 e. The second-order valence-corrected chi connectivity index (χ2v) is 8.16. The summed E-state index contributed by atoms with van der Waals surface area (Å²) in [5.41, 5.74) is 7.19. The summed E-state index contributed by atoms with van der Waals surface area (Å²) in [6, 6.07) is 12.9. The summed E-state index contributed by atoms with van der Waals surface area (Å²) >= 11 is 1.82. The van der Waals surface area contributed by atoms with E-state index in [1.165, 1.54) is 48.3 Å². The quantitative estimate of drug-likeness (QED) is 0.293. The molecule has 0 bridgehead atoms. The zero-order valence-corrected chi connectivity index (χ0v) is 16.3. The predicted molar refractivity (Wildman–Crippen MR) is 110 cm³/mol. The monoisotopic (exact) mass is 368 g/mol. The highest BCUT2D eigenvalue weighted by Crippen LogP contribution is 2.51. The van der Waals surface area contributed by atoms with Crippen LogP contribution in [0.25, 0.3) is 37.8 Å². The van der Waals surface area contributed by atoms with Crippen LogP contribution in [0.1, 0.15) is 16.7 Å². The van der Waals surface area contributed by atoms with Gasteiger partial charge in [-0.05, 0) is 46.8 Å². The minimum absolute atomic E-state index is 0.393. The van der Waals surface area contributed by atoms with Crippen molar-refractivity contribution in [3.63, 3.8) is 0 Å². The van der Waals surface area contributed by atoms with Gasteiger partial charge < -0.3 is 4.85 Å². The first-order valence-electron chi connectivity index (χ1n) is 8.94. The standard InChI is InChI=1S/C23H18N3S/c1-13-16-7-5-6-8-17(16)14(2)23-20(13)22-21-18(25-12-26(22)4)9-15(11-24-3)10-19(21)27-23/h5-10,12H,11H2,1-2,4H3/q+1. The molecule has 0 N–H and O–H groups in total. The van der Waals surface area contributed by atoms with Crippen molar-refractivity contribution in [1.29, 1.82) is 0 Å². The second kappa shape index (κ2) is 5.80. The Bertz CT molecular complexity index is 1320. The molecule has 0 saturated heterocycles. The fourth-order valence-electron chi connectivity index (χ4n) is 4.22. The van der Waals surface area contributed by atoms with E-state index in [-0.39, 0.29) is 0 Å². The predicted octanol–water partition coefficient (Wildman–Crippen LogP) is 5.38. The molecule has 0 aliphatic carbocycles. The number of rotatable bonds is 1. The molecule has 4 aromatic rings. The highest BCUT2D eigenvalue weighted by molar-refractivity contribution is 7.99. The average Bonchev–Trinajstić information content (AvgIpc) is 2.68. The third-order valence-electron chi connectivity index (χ3n) is 5.49. The minimum atomic E-state index is 0.393. The van der Waals surface area contributed by atoms with E-state index in [1.54, 1.807) is 0 Å². The normalized spacial score (nSPS) is 12.2. The molecule has 0 spiro atoms. The smallest absolute Gasteiger partial charge is 0.287 e. The molecule has 0 saturated carbocycles. The van der Waals surface area contributed by atoms with Gasteiger partial charge in [0.2, 0.25) is 6.54 Å². The fraction of sp³-hybridized carbons (Fsp3) is 0.174. The van der Waals surface area contributed by atoms with Gasteiger partial charge in [-0.1, -0.05) is 36.0 Å². The van der Waals surface area contributed by atoms with Gasteiger partial charge in [0.25, 0.3) is 6.33 Å². The molecule has 2 heterocycles. The lowest BCUT2D eigenvalue weighted by molar-refractivity contribution is -0.662. The average molecular weight is 368 g/mol. The lowest BCUT2D eigenvalue weighted by Gasteiger charge is -2.24. The first-order chi connectivity index (χ1) is 13.1. The molecule has 1 aliphatic heterocycles. The Morgan fingerprint density at radius 2 is 1.85 bits per heavy atom. The Balaban J connectivity index is 1.97. The highest BCUT2D eigenvalue weighted by Gasteiger charge is 2.30. The van der Waals surface area contributed by atoms with Gasteiger partial charge in [-0.25, -0.2) is 11.1 Å². The van der Waals surface area contributed by atoms with Crippen molar-refractivity contribution in [2.24, 2.45) is 7.05 Å². The van der Waals surface area contributed by atoms with Crippen molar-refractivity contribution >= 4 is 33.4 Å². The number of aryl methyl sites for hydroxylation is 3. The van der Waals surface area contributed by atoms with Crippen LogP contribution in [0.5, 0.6) is 0 Å². The third-order valence-corrected chi connectivity index (χ3v) is 6.75. The molecule has 0 atom stereocenters. The molecule has 0 radical (unpaired) electrons. The van der Waals surface area contributed by atoms with E-state index < -0.39 is 0 Å². The van der Waals surface area contributed by atoms with Gasteiger partial charge in [0.15, 0.2) is 5.52 Å². The van der Waals surface area contributed by atoms with Crippen LogP contribution in [-0.2, 0) is 13.6 Å². The van der Waals surface area contributed by atoms with E-state index in [0.717, 1.165) is 11.1 Å². The molecule has 5 rings (SSSR count). The molecule has 3 nitrogen and oxygen atoms in total. The Morgan fingerprint density at radius 3 is 2.59 bits per heavy atom. The zero-order valence-electron chi connectivity index (χ0n) is 15.5. The van der Waals surface area contributed by atoms with Crippen LogP contribution < -0.4 is 4.57 Å². The van der Waals surface area contributed by atoms with E-state index in [9.17, 15) is 0 Å². The molecule has 0 fully saturated rings. The van der Waals surface area contributed by atoms with Gasteiger partial charge in [-0.2, -0.15) is 0 Å². The molecule has 130 valence electrons. The van der Waals surface area contributed by atoms with Crippen LogP contribution in [0, 0.1) is 20.4 Å². The van der Waals surface area contributed by atoms with Crippen molar-refractivity contribution in [2.45, 2.75) is 30.2 Å². The van der Waals surface area contributed by atoms with Gasteiger partial charge in [-0.15, -0.1) is 0 Å². The van der Waals surface area contributed by atoms with Crippen molar-refractivity contribution in [3.8, 4) is 11.3 Å². The molecular weight excluding hydrogens is 350 g/mol. The van der Waals surface area contributed by atoms with Crippen LogP contribution in [0.3, 0.4) is 0 Å². The Morgan fingerprint density at radius 1 is 1.11 bits per heavy atom. The largest absolute Gasteiger partial charge is 0.312 e. The van der Waals surface area contributed by atoms with Crippen molar-refractivity contribution in [1.82, 2.24) is 4.98 Å². The Kier molecular flexibility index (Phi) is 3.50. The van der Waals surface area contributed by atoms with Crippen LogP contribution in [0.2, 0.25) is 0 Å². The maximum Gasteiger partial charge on any atom is 0.287 e. The van der Waals surface area contributed by atoms with Crippen molar-refractivity contribution < 1.29 is 4.57 Å². The number of hydrogen-bond acceptors (Lipinski definition) is 2. The highest BCUT2D eigenvalue weighted by atomic mass is 32.2. The van der Waals surface area contributed by atoms with Gasteiger partial charge in [0, 0.05) is 27.0 Å². The maximum absolute atomic E-state index is 7.23. The van der Waals surface area contributed by atoms with E-state index in [4.69, 9.17) is 6.57 Å². The summed E-state index contributed by atoms with van der Waals surface area (Å²) in [5.74, 6) is 0. The van der Waals surface area contributed by atoms with E-state index in [2.05, 4.69) is 71.7 Å². The van der Waals surface area contributed by atoms with Crippen LogP contribution in [-0.4, -0.2) is 4.98 Å². The van der Waals surface area contributed by atoms with Gasteiger partial charge >= 0.3 is 0 Å². The Hall–Kier alpha value is -2.90. The zero-order chi connectivity index (χ0) is 18.7. The molecule has 27 heavy (non-hydrogen) atoms. The third kappa shape index (κ3) is 2.22. The lowest BCUT2D eigenvalue weighted by atomic mass is 9.92. The van der Waals surface area contributed by atoms with E-state index in [1.807, 2.05) is 18.1 Å². The van der Waals surface area contributed by atoms with Crippen LogP contribution >= 0.6 is 11.8 Å². The molecular formula is C23H18N3S+. The fourth-order valence-corrected chi connectivity index (χ4v) is 5.57. The maximum atomic E-state index is 7.23. The lowest BCUT2D eigenvalue weighted by Crippen LogP contribution is -2.33.